The molecule has 1 aliphatic carbocycles. The number of hydrogen-bond acceptors (Lipinski definition) is 3. The highest BCUT2D eigenvalue weighted by molar-refractivity contribution is 5.27. The van der Waals surface area contributed by atoms with Gasteiger partial charge in [-0.25, -0.2) is 0 Å². The van der Waals surface area contributed by atoms with E-state index in [1.165, 1.54) is 6.42 Å². The molecule has 1 aromatic heterocycles. The molecule has 4 nitrogen and oxygen atoms in total. The molecule has 3 atom stereocenters. The number of aryl methyl sites for hydroxylation is 1. The van der Waals surface area contributed by atoms with Gasteiger partial charge in [-0.1, -0.05) is 6.92 Å². The molecule has 0 spiro atoms. The molecule has 1 aromatic rings. The van der Waals surface area contributed by atoms with E-state index < -0.39 is 6.10 Å². The Bertz CT molecular complexity index is 428. The molecule has 2 rings (SSSR count). The number of hydrogen-bond donors (Lipinski definition) is 1. The molecule has 1 N–H and O–H groups in total. The van der Waals surface area contributed by atoms with Crippen LogP contribution in [0.2, 0.25) is 0 Å². The lowest BCUT2D eigenvalue weighted by molar-refractivity contribution is 0.0503. The highest BCUT2D eigenvalue weighted by Crippen LogP contribution is 2.33. The molecule has 0 saturated heterocycles. The summed E-state index contributed by atoms with van der Waals surface area (Å²) in [6.07, 6.45) is 5.21. The number of nitrogens with zero attached hydrogens (tertiary/aromatic N) is 2. The molecule has 1 aliphatic rings. The summed E-state index contributed by atoms with van der Waals surface area (Å²) in [6.45, 7) is 6.07. The van der Waals surface area contributed by atoms with Crippen molar-refractivity contribution in [2.75, 3.05) is 7.11 Å². The lowest BCUT2D eigenvalue weighted by atomic mass is 9.92. The second kappa shape index (κ2) is 6.06. The predicted molar refractivity (Wildman–Crippen MR) is 75.3 cm³/mol. The van der Waals surface area contributed by atoms with Crippen molar-refractivity contribution in [1.82, 2.24) is 9.78 Å². The molecule has 1 heterocycles. The summed E-state index contributed by atoms with van der Waals surface area (Å²) in [5.74, 6) is 0. The van der Waals surface area contributed by atoms with Gasteiger partial charge in [0.05, 0.1) is 23.9 Å². The van der Waals surface area contributed by atoms with Gasteiger partial charge >= 0.3 is 0 Å². The van der Waals surface area contributed by atoms with E-state index in [1.54, 1.807) is 7.11 Å². The van der Waals surface area contributed by atoms with Crippen molar-refractivity contribution in [2.24, 2.45) is 0 Å². The molecule has 0 radical (unpaired) electrons. The number of aromatic nitrogens is 2. The zero-order valence-electron chi connectivity index (χ0n) is 12.5. The van der Waals surface area contributed by atoms with Crippen LogP contribution in [0.5, 0.6) is 0 Å². The van der Waals surface area contributed by atoms with E-state index in [4.69, 9.17) is 4.74 Å². The minimum absolute atomic E-state index is 0.349. The highest BCUT2D eigenvalue weighted by Gasteiger charge is 2.27. The molecule has 0 aliphatic heterocycles. The van der Waals surface area contributed by atoms with Crippen molar-refractivity contribution >= 4 is 0 Å². The first-order chi connectivity index (χ1) is 9.08. The fourth-order valence-electron chi connectivity index (χ4n) is 3.27. The van der Waals surface area contributed by atoms with Crippen molar-refractivity contribution in [3.05, 3.63) is 17.0 Å². The van der Waals surface area contributed by atoms with Crippen molar-refractivity contribution in [2.45, 2.75) is 71.1 Å². The zero-order valence-corrected chi connectivity index (χ0v) is 12.5. The fourth-order valence-corrected chi connectivity index (χ4v) is 3.27. The summed E-state index contributed by atoms with van der Waals surface area (Å²) in [4.78, 5) is 0. The molecule has 0 aromatic carbocycles. The first kappa shape index (κ1) is 14.5. The summed E-state index contributed by atoms with van der Waals surface area (Å²) in [5, 5.41) is 14.8. The molecule has 3 unspecified atom stereocenters. The normalized spacial score (nSPS) is 25.5. The summed E-state index contributed by atoms with van der Waals surface area (Å²) >= 11 is 0. The van der Waals surface area contributed by atoms with E-state index in [1.807, 2.05) is 13.8 Å². The number of methoxy groups -OCH3 is 1. The largest absolute Gasteiger partial charge is 0.388 e. The van der Waals surface area contributed by atoms with Gasteiger partial charge in [-0.15, -0.1) is 0 Å². The molecule has 0 bridgehead atoms. The van der Waals surface area contributed by atoms with Crippen LogP contribution in [0.15, 0.2) is 0 Å². The standard InChI is InChI=1S/C15H26N2O2/c1-5-14(18)15-10(2)16-17(11(15)3)12-7-6-8-13(9-12)19-4/h12-14,18H,5-9H2,1-4H3. The summed E-state index contributed by atoms with van der Waals surface area (Å²) in [7, 11) is 1.79. The summed E-state index contributed by atoms with van der Waals surface area (Å²) < 4.78 is 7.62. The van der Waals surface area contributed by atoms with Crippen LogP contribution in [0, 0.1) is 13.8 Å². The van der Waals surface area contributed by atoms with Crippen LogP contribution in [-0.2, 0) is 4.74 Å². The van der Waals surface area contributed by atoms with Gasteiger partial charge in [0.25, 0.3) is 0 Å². The Morgan fingerprint density at radius 2 is 2.16 bits per heavy atom. The Labute approximate surface area is 115 Å². The van der Waals surface area contributed by atoms with Crippen LogP contribution in [0.25, 0.3) is 0 Å². The smallest absolute Gasteiger partial charge is 0.0823 e. The quantitative estimate of drug-likeness (QED) is 0.911. The van der Waals surface area contributed by atoms with Crippen molar-refractivity contribution in [1.29, 1.82) is 0 Å². The van der Waals surface area contributed by atoms with Crippen molar-refractivity contribution in [3.63, 3.8) is 0 Å². The second-order valence-electron chi connectivity index (χ2n) is 5.63. The van der Waals surface area contributed by atoms with Crippen LogP contribution in [-0.4, -0.2) is 28.1 Å². The lowest BCUT2D eigenvalue weighted by Crippen LogP contribution is -2.25. The molecule has 1 fully saturated rings. The minimum atomic E-state index is -0.393. The van der Waals surface area contributed by atoms with Crippen molar-refractivity contribution in [3.8, 4) is 0 Å². The number of aliphatic hydroxyl groups is 1. The molecular formula is C15H26N2O2. The van der Waals surface area contributed by atoms with Gasteiger partial charge in [-0.2, -0.15) is 5.10 Å². The van der Waals surface area contributed by atoms with E-state index in [0.29, 0.717) is 12.1 Å². The number of aliphatic hydroxyl groups excluding tert-OH is 1. The summed E-state index contributed by atoms with van der Waals surface area (Å²) in [6, 6.07) is 0.412. The Morgan fingerprint density at radius 3 is 2.79 bits per heavy atom. The maximum absolute atomic E-state index is 10.1. The van der Waals surface area contributed by atoms with Gasteiger partial charge in [-0.3, -0.25) is 4.68 Å². The first-order valence-corrected chi connectivity index (χ1v) is 7.34. The minimum Gasteiger partial charge on any atom is -0.388 e. The average molecular weight is 266 g/mol. The van der Waals surface area contributed by atoms with E-state index in [-0.39, 0.29) is 0 Å². The van der Waals surface area contributed by atoms with E-state index in [0.717, 1.165) is 42.6 Å². The molecule has 0 amide bonds. The Balaban J connectivity index is 2.25. The molecular weight excluding hydrogens is 240 g/mol. The predicted octanol–water partition coefficient (Wildman–Crippen LogP) is 3.07. The summed E-state index contributed by atoms with van der Waals surface area (Å²) in [5.41, 5.74) is 3.10. The highest BCUT2D eigenvalue weighted by atomic mass is 16.5. The number of rotatable bonds is 4. The third-order valence-electron chi connectivity index (χ3n) is 4.38. The average Bonchev–Trinajstić information content (AvgIpc) is 2.73. The fraction of sp³-hybridized carbons (Fsp3) is 0.800. The van der Waals surface area contributed by atoms with Crippen LogP contribution >= 0.6 is 0 Å². The SMILES string of the molecule is CCC(O)c1c(C)nn(C2CCCC(OC)C2)c1C. The van der Waals surface area contributed by atoms with Gasteiger partial charge in [-0.05, 0) is 46.0 Å². The van der Waals surface area contributed by atoms with Crippen LogP contribution < -0.4 is 0 Å². The van der Waals surface area contributed by atoms with E-state index in [9.17, 15) is 5.11 Å². The first-order valence-electron chi connectivity index (χ1n) is 7.34. The monoisotopic (exact) mass is 266 g/mol. The molecule has 1 saturated carbocycles. The third kappa shape index (κ3) is 2.84. The van der Waals surface area contributed by atoms with Crippen LogP contribution in [0.4, 0.5) is 0 Å². The van der Waals surface area contributed by atoms with Gasteiger partial charge in [0.2, 0.25) is 0 Å². The Kier molecular flexibility index (Phi) is 4.63. The van der Waals surface area contributed by atoms with E-state index in [2.05, 4.69) is 16.7 Å². The topological polar surface area (TPSA) is 47.3 Å². The zero-order chi connectivity index (χ0) is 14.0. The molecule has 4 heteroatoms. The van der Waals surface area contributed by atoms with Crippen LogP contribution in [0.3, 0.4) is 0 Å². The van der Waals surface area contributed by atoms with Gasteiger partial charge < -0.3 is 9.84 Å². The van der Waals surface area contributed by atoms with Gasteiger partial charge in [0.1, 0.15) is 0 Å². The van der Waals surface area contributed by atoms with E-state index >= 15 is 0 Å². The molecule has 19 heavy (non-hydrogen) atoms. The van der Waals surface area contributed by atoms with Crippen molar-refractivity contribution < 1.29 is 9.84 Å². The molecule has 108 valence electrons. The van der Waals surface area contributed by atoms with Crippen LogP contribution in [0.1, 0.15) is 68.1 Å². The lowest BCUT2D eigenvalue weighted by Gasteiger charge is -2.29. The maximum Gasteiger partial charge on any atom is 0.0823 e. The number of ether oxygens (including phenoxy) is 1. The Morgan fingerprint density at radius 1 is 1.42 bits per heavy atom. The van der Waals surface area contributed by atoms with Gasteiger partial charge in [0.15, 0.2) is 0 Å². The van der Waals surface area contributed by atoms with Gasteiger partial charge in [0, 0.05) is 18.4 Å². The Hall–Kier alpha value is -0.870. The maximum atomic E-state index is 10.1. The second-order valence-corrected chi connectivity index (χ2v) is 5.63. The third-order valence-corrected chi connectivity index (χ3v) is 4.38.